The van der Waals surface area contributed by atoms with Crippen LogP contribution in [0.1, 0.15) is 75.8 Å². The van der Waals surface area contributed by atoms with Gasteiger partial charge in [0.1, 0.15) is 29.2 Å². The summed E-state index contributed by atoms with van der Waals surface area (Å²) < 4.78 is 32.8. The summed E-state index contributed by atoms with van der Waals surface area (Å²) in [7, 11) is 1.54. The summed E-state index contributed by atoms with van der Waals surface area (Å²) in [5.41, 5.74) is 2.27. The van der Waals surface area contributed by atoms with Gasteiger partial charge in [0.15, 0.2) is 0 Å². The van der Waals surface area contributed by atoms with Crippen molar-refractivity contribution >= 4 is 23.5 Å². The van der Waals surface area contributed by atoms with Crippen molar-refractivity contribution in [1.29, 1.82) is 0 Å². The Balaban J connectivity index is 1.49. The van der Waals surface area contributed by atoms with Crippen LogP contribution in [-0.2, 0) is 9.53 Å². The number of benzene rings is 2. The van der Waals surface area contributed by atoms with Gasteiger partial charge in [-0.2, -0.15) is 0 Å². The quantitative estimate of drug-likeness (QED) is 0.236. The van der Waals surface area contributed by atoms with E-state index in [0.717, 1.165) is 12.8 Å². The van der Waals surface area contributed by atoms with Crippen molar-refractivity contribution < 1.29 is 33.0 Å². The number of hydrogen-bond acceptors (Lipinski definition) is 8. The van der Waals surface area contributed by atoms with E-state index in [-0.39, 0.29) is 41.2 Å². The highest BCUT2D eigenvalue weighted by Gasteiger charge is 2.32. The number of aryl methyl sites for hydroxylation is 3. The molecule has 3 heterocycles. The van der Waals surface area contributed by atoms with Gasteiger partial charge < -0.3 is 29.7 Å². The molecule has 11 nitrogen and oxygen atoms in total. The molecule has 12 heteroatoms. The lowest BCUT2D eigenvalue weighted by atomic mass is 10.00. The number of halogens is 1. The Bertz CT molecular complexity index is 1790. The molecule has 0 spiro atoms. The first-order valence-electron chi connectivity index (χ1n) is 17.3. The number of aromatic nitrogens is 1. The molecule has 0 radical (unpaired) electrons. The molecule has 2 aromatic carbocycles. The van der Waals surface area contributed by atoms with Gasteiger partial charge in [-0.15, -0.1) is 0 Å². The van der Waals surface area contributed by atoms with Gasteiger partial charge in [-0.25, -0.2) is 9.37 Å². The summed E-state index contributed by atoms with van der Waals surface area (Å²) in [6.45, 7) is 15.7. The Morgan fingerprint density at radius 2 is 1.88 bits per heavy atom. The SMILES string of the molecule is C=CC(=O)N1CCN(C[C@@H](Oc2cc(C)c(C(=O)Nc3ncc(OC)cc3C)cc2C(=O)NC[C@]2(C)CCCO2)c2ccc(C)c(F)c2)C[C@H]1C. The standard InChI is InChI=1S/C39H48FN5O6/c1-8-35(46)45-14-13-44(21-27(45)5)22-34(28-11-10-24(2)32(40)18-28)51-33-17-25(3)30(38(48)43-36-26(4)16-29(49-7)20-41-36)19-31(33)37(47)42-23-39(6)12-9-15-50-39/h8,10-11,16-20,27,34H,1,9,12-15,21-23H2,2-7H3,(H,42,47)(H,41,43,48)/t27-,34-,39+/m1/s1. The van der Waals surface area contributed by atoms with Crippen LogP contribution in [0, 0.1) is 26.6 Å². The van der Waals surface area contributed by atoms with Crippen LogP contribution >= 0.6 is 0 Å². The van der Waals surface area contributed by atoms with E-state index in [0.29, 0.717) is 66.6 Å². The van der Waals surface area contributed by atoms with Crippen LogP contribution in [-0.4, -0.2) is 90.6 Å². The van der Waals surface area contributed by atoms with E-state index in [2.05, 4.69) is 27.1 Å². The molecule has 2 fully saturated rings. The first-order chi connectivity index (χ1) is 24.3. The number of carbonyl (C=O) groups is 3. The van der Waals surface area contributed by atoms with E-state index in [1.807, 2.05) is 26.8 Å². The average molecular weight is 702 g/mol. The molecule has 51 heavy (non-hydrogen) atoms. The third-order valence-electron chi connectivity index (χ3n) is 9.69. The molecule has 2 saturated heterocycles. The maximum absolute atomic E-state index is 15.0. The molecule has 2 aliphatic heterocycles. The third kappa shape index (κ3) is 8.92. The Morgan fingerprint density at radius 1 is 1.10 bits per heavy atom. The molecule has 1 aromatic heterocycles. The number of rotatable bonds is 12. The average Bonchev–Trinajstić information content (AvgIpc) is 3.55. The summed E-state index contributed by atoms with van der Waals surface area (Å²) in [5, 5.41) is 5.86. The summed E-state index contributed by atoms with van der Waals surface area (Å²) in [6, 6.07) is 9.87. The summed E-state index contributed by atoms with van der Waals surface area (Å²) in [6.07, 6.45) is 3.85. The van der Waals surface area contributed by atoms with Crippen LogP contribution < -0.4 is 20.1 Å². The van der Waals surface area contributed by atoms with E-state index in [4.69, 9.17) is 14.2 Å². The summed E-state index contributed by atoms with van der Waals surface area (Å²) in [5.74, 6) is -0.205. The highest BCUT2D eigenvalue weighted by molar-refractivity contribution is 6.08. The molecule has 2 aliphatic rings. The predicted molar refractivity (Wildman–Crippen MR) is 193 cm³/mol. The fourth-order valence-electron chi connectivity index (χ4n) is 6.56. The molecule has 0 unspecified atom stereocenters. The van der Waals surface area contributed by atoms with Crippen molar-refractivity contribution in [1.82, 2.24) is 20.1 Å². The largest absolute Gasteiger partial charge is 0.495 e. The van der Waals surface area contributed by atoms with Crippen molar-refractivity contribution in [3.63, 3.8) is 0 Å². The monoisotopic (exact) mass is 701 g/mol. The van der Waals surface area contributed by atoms with Crippen molar-refractivity contribution in [2.24, 2.45) is 0 Å². The van der Waals surface area contributed by atoms with Crippen LogP contribution in [0.2, 0.25) is 0 Å². The second kappa shape index (κ2) is 16.0. The van der Waals surface area contributed by atoms with Crippen molar-refractivity contribution in [2.75, 3.05) is 51.8 Å². The topological polar surface area (TPSA) is 122 Å². The zero-order chi connectivity index (χ0) is 36.9. The molecular weight excluding hydrogens is 653 g/mol. The highest BCUT2D eigenvalue weighted by Crippen LogP contribution is 2.32. The lowest BCUT2D eigenvalue weighted by molar-refractivity contribution is -0.130. The molecular formula is C39H48FN5O6. The lowest BCUT2D eigenvalue weighted by Gasteiger charge is -2.40. The number of amides is 3. The van der Waals surface area contributed by atoms with Crippen LogP contribution in [0.25, 0.3) is 0 Å². The first-order valence-corrected chi connectivity index (χ1v) is 17.3. The number of nitrogens with one attached hydrogen (secondary N) is 2. The summed E-state index contributed by atoms with van der Waals surface area (Å²) in [4.78, 5) is 48.3. The van der Waals surface area contributed by atoms with E-state index in [9.17, 15) is 18.8 Å². The van der Waals surface area contributed by atoms with Crippen LogP contribution in [0.4, 0.5) is 10.2 Å². The van der Waals surface area contributed by atoms with Gasteiger partial charge in [0.05, 0.1) is 24.5 Å². The minimum Gasteiger partial charge on any atom is -0.495 e. The molecule has 272 valence electrons. The molecule has 3 aromatic rings. The third-order valence-corrected chi connectivity index (χ3v) is 9.69. The van der Waals surface area contributed by atoms with Crippen LogP contribution in [0.5, 0.6) is 11.5 Å². The van der Waals surface area contributed by atoms with Gasteiger partial charge in [0, 0.05) is 50.9 Å². The second-order valence-corrected chi connectivity index (χ2v) is 13.7. The number of hydrogen-bond donors (Lipinski definition) is 2. The maximum atomic E-state index is 15.0. The maximum Gasteiger partial charge on any atom is 0.257 e. The smallest absolute Gasteiger partial charge is 0.257 e. The Labute approximate surface area is 299 Å². The van der Waals surface area contributed by atoms with E-state index >= 15 is 0 Å². The van der Waals surface area contributed by atoms with Crippen molar-refractivity contribution in [3.8, 4) is 11.5 Å². The molecule has 0 aliphatic carbocycles. The van der Waals surface area contributed by atoms with Gasteiger partial charge >= 0.3 is 0 Å². The number of ether oxygens (including phenoxy) is 3. The normalized spacial score (nSPS) is 19.7. The number of methoxy groups -OCH3 is 1. The van der Waals surface area contributed by atoms with Gasteiger partial charge in [-0.3, -0.25) is 19.3 Å². The van der Waals surface area contributed by atoms with Crippen LogP contribution in [0.3, 0.4) is 0 Å². The Kier molecular flexibility index (Phi) is 11.8. The fraction of sp³-hybridized carbons (Fsp3) is 0.436. The number of pyridine rings is 1. The Morgan fingerprint density at radius 3 is 2.53 bits per heavy atom. The van der Waals surface area contributed by atoms with E-state index < -0.39 is 23.5 Å². The number of piperazine rings is 1. The lowest BCUT2D eigenvalue weighted by Crippen LogP contribution is -2.54. The molecule has 0 bridgehead atoms. The van der Waals surface area contributed by atoms with Gasteiger partial charge in [-0.1, -0.05) is 18.7 Å². The minimum absolute atomic E-state index is 0.0796. The van der Waals surface area contributed by atoms with E-state index in [1.54, 1.807) is 44.1 Å². The van der Waals surface area contributed by atoms with Gasteiger partial charge in [0.2, 0.25) is 5.91 Å². The molecule has 3 atom stereocenters. The second-order valence-electron chi connectivity index (χ2n) is 13.7. The van der Waals surface area contributed by atoms with Crippen molar-refractivity contribution in [3.05, 3.63) is 94.4 Å². The molecule has 0 saturated carbocycles. The number of carbonyl (C=O) groups excluding carboxylic acids is 3. The van der Waals surface area contributed by atoms with Gasteiger partial charge in [0.25, 0.3) is 11.8 Å². The summed E-state index contributed by atoms with van der Waals surface area (Å²) >= 11 is 0. The van der Waals surface area contributed by atoms with Gasteiger partial charge in [-0.05, 0) is 100 Å². The number of anilines is 1. The zero-order valence-electron chi connectivity index (χ0n) is 30.3. The molecule has 2 N–H and O–H groups in total. The zero-order valence-corrected chi connectivity index (χ0v) is 30.3. The van der Waals surface area contributed by atoms with Crippen molar-refractivity contribution in [2.45, 2.75) is 65.2 Å². The first kappa shape index (κ1) is 37.4. The Hall–Kier alpha value is -4.81. The minimum atomic E-state index is -0.693. The van der Waals surface area contributed by atoms with Crippen LogP contribution in [0.15, 0.2) is 55.3 Å². The molecule has 3 amide bonds. The molecule has 5 rings (SSSR count). The van der Waals surface area contributed by atoms with E-state index in [1.165, 1.54) is 24.4 Å². The fourth-order valence-corrected chi connectivity index (χ4v) is 6.56. The predicted octanol–water partition coefficient (Wildman–Crippen LogP) is 5.54. The highest BCUT2D eigenvalue weighted by atomic mass is 19.1. The number of nitrogens with zero attached hydrogens (tertiary/aromatic N) is 3.